The molecular weight excluding hydrogens is 333 g/mol. The Morgan fingerprint density at radius 2 is 2.08 bits per heavy atom. The molecule has 1 aromatic carbocycles. The Hall–Kier alpha value is -2.67. The Kier molecular flexibility index (Phi) is 4.11. The van der Waals surface area contributed by atoms with E-state index in [9.17, 15) is 19.1 Å². The number of methoxy groups -OCH3 is 1. The van der Waals surface area contributed by atoms with Crippen LogP contribution in [0.5, 0.6) is 5.75 Å². The third-order valence-electron chi connectivity index (χ3n) is 3.90. The molecular formula is C17H14FNO4S. The van der Waals surface area contributed by atoms with Crippen molar-refractivity contribution in [1.82, 2.24) is 4.90 Å². The van der Waals surface area contributed by atoms with Gasteiger partial charge in [0.05, 0.1) is 24.3 Å². The normalized spacial score (nSPS) is 19.8. The Balaban J connectivity index is 2.23. The van der Waals surface area contributed by atoms with E-state index in [1.54, 1.807) is 12.1 Å². The summed E-state index contributed by atoms with van der Waals surface area (Å²) >= 11 is 1.36. The van der Waals surface area contributed by atoms with Crippen LogP contribution in [-0.2, 0) is 9.59 Å². The Bertz CT molecular complexity index is 844. The van der Waals surface area contributed by atoms with Crippen LogP contribution in [0.1, 0.15) is 16.5 Å². The van der Waals surface area contributed by atoms with Crippen molar-refractivity contribution in [1.29, 1.82) is 0 Å². The first-order chi connectivity index (χ1) is 11.5. The summed E-state index contributed by atoms with van der Waals surface area (Å²) in [5, 5.41) is 12.5. The van der Waals surface area contributed by atoms with Crippen LogP contribution >= 0.6 is 11.3 Å². The maximum atomic E-state index is 13.6. The summed E-state index contributed by atoms with van der Waals surface area (Å²) in [7, 11) is 2.87. The van der Waals surface area contributed by atoms with Gasteiger partial charge in [-0.15, -0.1) is 11.3 Å². The predicted molar refractivity (Wildman–Crippen MR) is 87.3 cm³/mol. The van der Waals surface area contributed by atoms with E-state index in [0.717, 1.165) is 10.9 Å². The van der Waals surface area contributed by atoms with E-state index in [0.29, 0.717) is 0 Å². The van der Waals surface area contributed by atoms with Crippen molar-refractivity contribution in [2.24, 2.45) is 0 Å². The van der Waals surface area contributed by atoms with Crippen LogP contribution in [0.2, 0.25) is 0 Å². The fourth-order valence-electron chi connectivity index (χ4n) is 2.74. The molecule has 1 aliphatic heterocycles. The molecule has 0 spiro atoms. The molecule has 1 atom stereocenters. The standard InChI is InChI=1S/C17H14FNO4S/c1-19-14(12-4-3-7-24-12)13(16(21)17(19)22)15(20)10-8-9(18)5-6-11(10)23-2/h3-8,14,20H,1-2H3/b15-13+. The van der Waals surface area contributed by atoms with E-state index >= 15 is 0 Å². The van der Waals surface area contributed by atoms with Gasteiger partial charge in [-0.2, -0.15) is 0 Å². The van der Waals surface area contributed by atoms with E-state index in [1.807, 2.05) is 5.38 Å². The third-order valence-corrected chi connectivity index (χ3v) is 4.83. The van der Waals surface area contributed by atoms with Crippen molar-refractivity contribution in [3.8, 4) is 5.75 Å². The van der Waals surface area contributed by atoms with Crippen molar-refractivity contribution >= 4 is 28.8 Å². The van der Waals surface area contributed by atoms with Crippen molar-refractivity contribution < 1.29 is 23.8 Å². The monoisotopic (exact) mass is 347 g/mol. The lowest BCUT2D eigenvalue weighted by atomic mass is 9.99. The lowest BCUT2D eigenvalue weighted by Gasteiger charge is -2.19. The number of carbonyl (C=O) groups is 2. The van der Waals surface area contributed by atoms with Gasteiger partial charge in [0.25, 0.3) is 11.7 Å². The number of nitrogens with zero attached hydrogens (tertiary/aromatic N) is 1. The fourth-order valence-corrected chi connectivity index (χ4v) is 3.61. The van der Waals surface area contributed by atoms with Crippen molar-refractivity contribution in [3.63, 3.8) is 0 Å². The third kappa shape index (κ3) is 2.46. The van der Waals surface area contributed by atoms with E-state index in [-0.39, 0.29) is 16.9 Å². The van der Waals surface area contributed by atoms with Crippen molar-refractivity contribution in [2.45, 2.75) is 6.04 Å². The van der Waals surface area contributed by atoms with Crippen LogP contribution in [0, 0.1) is 5.82 Å². The number of rotatable bonds is 3. The van der Waals surface area contributed by atoms with Gasteiger partial charge in [-0.3, -0.25) is 9.59 Å². The number of likely N-dealkylation sites (tertiary alicyclic amines) is 1. The summed E-state index contributed by atoms with van der Waals surface area (Å²) in [5.74, 6) is -2.35. The highest BCUT2D eigenvalue weighted by atomic mass is 32.1. The number of likely N-dealkylation sites (N-methyl/N-ethyl adjacent to an activating group) is 1. The van der Waals surface area contributed by atoms with E-state index in [1.165, 1.54) is 42.5 Å². The minimum atomic E-state index is -0.806. The van der Waals surface area contributed by atoms with Crippen molar-refractivity contribution in [2.75, 3.05) is 14.2 Å². The molecule has 1 N–H and O–H groups in total. The fraction of sp³-hybridized carbons (Fsp3) is 0.176. The molecule has 3 rings (SSSR count). The van der Waals surface area contributed by atoms with E-state index in [4.69, 9.17) is 4.74 Å². The Labute approximate surface area is 141 Å². The van der Waals surface area contributed by atoms with Crippen LogP contribution < -0.4 is 4.74 Å². The first kappa shape index (κ1) is 16.2. The number of Topliss-reactive ketones (excluding diaryl/α,β-unsaturated/α-hetero) is 1. The summed E-state index contributed by atoms with van der Waals surface area (Å²) < 4.78 is 18.7. The number of carbonyl (C=O) groups excluding carboxylic acids is 2. The Morgan fingerprint density at radius 3 is 2.71 bits per heavy atom. The van der Waals surface area contributed by atoms with Crippen molar-refractivity contribution in [3.05, 3.63) is 57.5 Å². The predicted octanol–water partition coefficient (Wildman–Crippen LogP) is 2.95. The lowest BCUT2D eigenvalue weighted by molar-refractivity contribution is -0.139. The van der Waals surface area contributed by atoms with Gasteiger partial charge >= 0.3 is 0 Å². The zero-order valence-electron chi connectivity index (χ0n) is 12.9. The van der Waals surface area contributed by atoms with Gasteiger partial charge in [0, 0.05) is 11.9 Å². The molecule has 1 aromatic heterocycles. The first-order valence-electron chi connectivity index (χ1n) is 7.07. The van der Waals surface area contributed by atoms with Gasteiger partial charge in [-0.1, -0.05) is 6.07 Å². The summed E-state index contributed by atoms with van der Waals surface area (Å²) in [4.78, 5) is 26.5. The molecule has 7 heteroatoms. The zero-order chi connectivity index (χ0) is 17.4. The topological polar surface area (TPSA) is 66.8 Å². The second-order valence-corrected chi connectivity index (χ2v) is 6.25. The maximum Gasteiger partial charge on any atom is 0.295 e. The molecule has 0 aliphatic carbocycles. The molecule has 5 nitrogen and oxygen atoms in total. The number of aliphatic hydroxyl groups is 1. The number of hydrogen-bond acceptors (Lipinski definition) is 5. The summed E-state index contributed by atoms with van der Waals surface area (Å²) in [6.07, 6.45) is 0. The number of hydrogen-bond donors (Lipinski definition) is 1. The number of benzene rings is 1. The van der Waals surface area contributed by atoms with Gasteiger partial charge in [-0.05, 0) is 29.6 Å². The summed E-state index contributed by atoms with van der Waals surface area (Å²) in [6, 6.07) is 6.46. The highest BCUT2D eigenvalue weighted by molar-refractivity contribution is 7.10. The molecule has 0 saturated carbocycles. The quantitative estimate of drug-likeness (QED) is 0.527. The molecule has 1 saturated heterocycles. The molecule has 1 fully saturated rings. The maximum absolute atomic E-state index is 13.6. The molecule has 24 heavy (non-hydrogen) atoms. The van der Waals surface area contributed by atoms with E-state index < -0.39 is 29.3 Å². The number of ether oxygens (including phenoxy) is 1. The highest BCUT2D eigenvalue weighted by Gasteiger charge is 2.44. The number of ketones is 1. The molecule has 2 heterocycles. The minimum absolute atomic E-state index is 0.0329. The average molecular weight is 347 g/mol. The van der Waals surface area contributed by atoms with Gasteiger partial charge in [0.2, 0.25) is 0 Å². The second-order valence-electron chi connectivity index (χ2n) is 5.27. The van der Waals surface area contributed by atoms with E-state index in [2.05, 4.69) is 0 Å². The molecule has 1 unspecified atom stereocenters. The molecule has 0 bridgehead atoms. The number of amides is 1. The largest absolute Gasteiger partial charge is 0.507 e. The van der Waals surface area contributed by atoms with Gasteiger partial charge in [0.15, 0.2) is 0 Å². The number of halogens is 1. The summed E-state index contributed by atoms with van der Waals surface area (Å²) in [6.45, 7) is 0. The van der Waals surface area contributed by atoms with Crippen LogP contribution in [-0.4, -0.2) is 35.9 Å². The first-order valence-corrected chi connectivity index (χ1v) is 7.95. The Morgan fingerprint density at radius 1 is 1.33 bits per heavy atom. The molecule has 0 radical (unpaired) electrons. The number of thiophene rings is 1. The van der Waals surface area contributed by atoms with Crippen LogP contribution in [0.15, 0.2) is 41.3 Å². The van der Waals surface area contributed by atoms with Crippen LogP contribution in [0.3, 0.4) is 0 Å². The van der Waals surface area contributed by atoms with Crippen LogP contribution in [0.4, 0.5) is 4.39 Å². The van der Waals surface area contributed by atoms with Crippen LogP contribution in [0.25, 0.3) is 5.76 Å². The van der Waals surface area contributed by atoms with Gasteiger partial charge < -0.3 is 14.7 Å². The zero-order valence-corrected chi connectivity index (χ0v) is 13.8. The molecule has 124 valence electrons. The summed E-state index contributed by atoms with van der Waals surface area (Å²) in [5.41, 5.74) is -0.0423. The lowest BCUT2D eigenvalue weighted by Crippen LogP contribution is -2.24. The van der Waals surface area contributed by atoms with Gasteiger partial charge in [0.1, 0.15) is 17.3 Å². The number of aliphatic hydroxyl groups excluding tert-OH is 1. The molecule has 2 aromatic rings. The average Bonchev–Trinajstić information content (AvgIpc) is 3.17. The second kappa shape index (κ2) is 6.09. The molecule has 1 aliphatic rings. The minimum Gasteiger partial charge on any atom is -0.507 e. The SMILES string of the molecule is COc1ccc(F)cc1/C(O)=C1\C(=O)C(=O)N(C)C1c1cccs1. The smallest absolute Gasteiger partial charge is 0.295 e. The van der Waals surface area contributed by atoms with Gasteiger partial charge in [-0.25, -0.2) is 4.39 Å². The highest BCUT2D eigenvalue weighted by Crippen LogP contribution is 2.41. The molecule has 1 amide bonds.